The van der Waals surface area contributed by atoms with Crippen molar-refractivity contribution in [1.29, 1.82) is 0 Å². The number of carbonyl (C=O) groups is 1. The smallest absolute Gasteiger partial charge is 0.313 e. The summed E-state index contributed by atoms with van der Waals surface area (Å²) in [6, 6.07) is 0. The van der Waals surface area contributed by atoms with E-state index in [1.807, 2.05) is 0 Å². The highest BCUT2D eigenvalue weighted by Gasteiger charge is 2.17. The van der Waals surface area contributed by atoms with E-state index in [1.54, 1.807) is 0 Å². The molecule has 0 unspecified atom stereocenters. The summed E-state index contributed by atoms with van der Waals surface area (Å²) in [7, 11) is 0. The molecule has 1 aliphatic heterocycles. The van der Waals surface area contributed by atoms with Crippen LogP contribution >= 0.6 is 11.8 Å². The largest absolute Gasteiger partial charge is 0.481 e. The molecule has 1 saturated heterocycles. The molecule has 7 heteroatoms. The zero-order valence-corrected chi connectivity index (χ0v) is 13.6. The SMILES string of the molecule is CC(C)c1nnc(SCC(=O)O)n1CCCN1CCCC1. The van der Waals surface area contributed by atoms with Crippen molar-refractivity contribution >= 4 is 17.7 Å². The Labute approximate surface area is 129 Å². The zero-order valence-electron chi connectivity index (χ0n) is 12.8. The highest BCUT2D eigenvalue weighted by molar-refractivity contribution is 7.99. The van der Waals surface area contributed by atoms with Gasteiger partial charge in [-0.1, -0.05) is 25.6 Å². The van der Waals surface area contributed by atoms with Crippen LogP contribution < -0.4 is 0 Å². The maximum atomic E-state index is 10.7. The normalized spacial score (nSPS) is 16.0. The van der Waals surface area contributed by atoms with Crippen LogP contribution in [0.2, 0.25) is 0 Å². The summed E-state index contributed by atoms with van der Waals surface area (Å²) in [5.74, 6) is 0.452. The van der Waals surface area contributed by atoms with Crippen LogP contribution in [0.25, 0.3) is 0 Å². The van der Waals surface area contributed by atoms with Gasteiger partial charge >= 0.3 is 5.97 Å². The molecule has 0 aromatic carbocycles. The second-order valence-electron chi connectivity index (χ2n) is 5.73. The number of hydrogen-bond donors (Lipinski definition) is 1. The monoisotopic (exact) mass is 312 g/mol. The van der Waals surface area contributed by atoms with Crippen molar-refractivity contribution < 1.29 is 9.90 Å². The summed E-state index contributed by atoms with van der Waals surface area (Å²) in [4.78, 5) is 13.2. The molecule has 1 aromatic rings. The first-order valence-corrected chi connectivity index (χ1v) is 8.56. The predicted molar refractivity (Wildman–Crippen MR) is 82.8 cm³/mol. The van der Waals surface area contributed by atoms with Gasteiger partial charge in [-0.2, -0.15) is 0 Å². The van der Waals surface area contributed by atoms with Crippen molar-refractivity contribution in [1.82, 2.24) is 19.7 Å². The predicted octanol–water partition coefficient (Wildman–Crippen LogP) is 2.06. The lowest BCUT2D eigenvalue weighted by atomic mass is 10.2. The van der Waals surface area contributed by atoms with Crippen LogP contribution in [-0.4, -0.2) is 56.1 Å². The molecular weight excluding hydrogens is 288 g/mol. The maximum absolute atomic E-state index is 10.7. The van der Waals surface area contributed by atoms with E-state index in [9.17, 15) is 4.79 Å². The Kier molecular flexibility index (Phi) is 6.05. The lowest BCUT2D eigenvalue weighted by molar-refractivity contribution is -0.133. The van der Waals surface area contributed by atoms with Crippen molar-refractivity contribution in [2.45, 2.75) is 50.7 Å². The van der Waals surface area contributed by atoms with Gasteiger partial charge in [0, 0.05) is 12.5 Å². The van der Waals surface area contributed by atoms with E-state index in [2.05, 4.69) is 33.5 Å². The Balaban J connectivity index is 1.96. The Hall–Kier alpha value is -1.08. The van der Waals surface area contributed by atoms with Gasteiger partial charge in [-0.15, -0.1) is 10.2 Å². The van der Waals surface area contributed by atoms with Crippen molar-refractivity contribution in [3.8, 4) is 0 Å². The number of hydrogen-bond acceptors (Lipinski definition) is 5. The molecule has 0 bridgehead atoms. The molecule has 1 N–H and O–H groups in total. The van der Waals surface area contributed by atoms with Crippen LogP contribution in [0.1, 0.15) is 44.9 Å². The molecule has 0 saturated carbocycles. The molecule has 21 heavy (non-hydrogen) atoms. The number of carboxylic acids is 1. The summed E-state index contributed by atoms with van der Waals surface area (Å²) in [6.45, 7) is 8.55. The van der Waals surface area contributed by atoms with Crippen molar-refractivity contribution in [2.24, 2.45) is 0 Å². The molecule has 6 nitrogen and oxygen atoms in total. The summed E-state index contributed by atoms with van der Waals surface area (Å²) in [6.07, 6.45) is 3.67. The Morgan fingerprint density at radius 3 is 2.62 bits per heavy atom. The number of carboxylic acid groups (broad SMARTS) is 1. The van der Waals surface area contributed by atoms with Crippen LogP contribution in [0.5, 0.6) is 0 Å². The van der Waals surface area contributed by atoms with Gasteiger partial charge in [0.05, 0.1) is 5.75 Å². The molecule has 1 aromatic heterocycles. The third-order valence-corrected chi connectivity index (χ3v) is 4.59. The van der Waals surface area contributed by atoms with Crippen LogP contribution in [0.3, 0.4) is 0 Å². The first-order chi connectivity index (χ1) is 10.1. The maximum Gasteiger partial charge on any atom is 0.313 e. The van der Waals surface area contributed by atoms with E-state index < -0.39 is 5.97 Å². The van der Waals surface area contributed by atoms with Crippen molar-refractivity contribution in [3.05, 3.63) is 5.82 Å². The average Bonchev–Trinajstić information content (AvgIpc) is 3.05. The number of thioether (sulfide) groups is 1. The number of nitrogens with zero attached hydrogens (tertiary/aromatic N) is 4. The number of aliphatic carboxylic acids is 1. The highest BCUT2D eigenvalue weighted by Crippen LogP contribution is 2.22. The van der Waals surface area contributed by atoms with Gasteiger partial charge in [0.1, 0.15) is 5.82 Å². The fourth-order valence-electron chi connectivity index (χ4n) is 2.63. The van der Waals surface area contributed by atoms with Gasteiger partial charge in [-0.25, -0.2) is 0 Å². The molecular formula is C14H24N4O2S. The van der Waals surface area contributed by atoms with E-state index in [0.29, 0.717) is 5.92 Å². The van der Waals surface area contributed by atoms with Gasteiger partial charge in [-0.05, 0) is 38.9 Å². The minimum atomic E-state index is -0.822. The Bertz CT molecular complexity index is 470. The van der Waals surface area contributed by atoms with Crippen LogP contribution in [0, 0.1) is 0 Å². The third-order valence-electron chi connectivity index (χ3n) is 3.64. The molecule has 1 aliphatic rings. The first-order valence-electron chi connectivity index (χ1n) is 7.58. The molecule has 2 rings (SSSR count). The standard InChI is InChI=1S/C14H24N4O2S/c1-11(2)13-15-16-14(21-10-12(19)20)18(13)9-5-8-17-6-3-4-7-17/h11H,3-10H2,1-2H3,(H,19,20). The summed E-state index contributed by atoms with van der Waals surface area (Å²) >= 11 is 1.25. The van der Waals surface area contributed by atoms with Gasteiger partial charge in [0.25, 0.3) is 0 Å². The molecule has 0 radical (unpaired) electrons. The minimum absolute atomic E-state index is 0.0301. The van der Waals surface area contributed by atoms with Crippen LogP contribution in [0.15, 0.2) is 5.16 Å². The zero-order chi connectivity index (χ0) is 15.2. The highest BCUT2D eigenvalue weighted by atomic mass is 32.2. The van der Waals surface area contributed by atoms with E-state index in [-0.39, 0.29) is 5.75 Å². The molecule has 0 amide bonds. The molecule has 0 atom stereocenters. The molecule has 2 heterocycles. The average molecular weight is 312 g/mol. The second-order valence-corrected chi connectivity index (χ2v) is 6.67. The van der Waals surface area contributed by atoms with Gasteiger partial charge in [-0.3, -0.25) is 4.79 Å². The summed E-state index contributed by atoms with van der Waals surface area (Å²) in [5, 5.41) is 17.9. The van der Waals surface area contributed by atoms with Gasteiger partial charge in [0.2, 0.25) is 0 Å². The number of rotatable bonds is 8. The Morgan fingerprint density at radius 2 is 2.00 bits per heavy atom. The summed E-state index contributed by atoms with van der Waals surface area (Å²) < 4.78 is 2.09. The van der Waals surface area contributed by atoms with E-state index in [1.165, 1.54) is 37.7 Å². The third kappa shape index (κ3) is 4.71. The number of aromatic nitrogens is 3. The minimum Gasteiger partial charge on any atom is -0.481 e. The van der Waals surface area contributed by atoms with E-state index in [4.69, 9.17) is 5.11 Å². The lowest BCUT2D eigenvalue weighted by Crippen LogP contribution is -2.22. The quantitative estimate of drug-likeness (QED) is 0.741. The van der Waals surface area contributed by atoms with Gasteiger partial charge < -0.3 is 14.6 Å². The molecule has 0 aliphatic carbocycles. The first kappa shape index (κ1) is 16.3. The molecule has 1 fully saturated rings. The molecule has 0 spiro atoms. The van der Waals surface area contributed by atoms with Crippen molar-refractivity contribution in [2.75, 3.05) is 25.4 Å². The number of likely N-dealkylation sites (tertiary alicyclic amines) is 1. The lowest BCUT2D eigenvalue weighted by Gasteiger charge is -2.16. The Morgan fingerprint density at radius 1 is 1.29 bits per heavy atom. The van der Waals surface area contributed by atoms with E-state index in [0.717, 1.165) is 30.5 Å². The van der Waals surface area contributed by atoms with Crippen LogP contribution in [-0.2, 0) is 11.3 Å². The molecule has 118 valence electrons. The van der Waals surface area contributed by atoms with E-state index >= 15 is 0 Å². The van der Waals surface area contributed by atoms with Gasteiger partial charge in [0.15, 0.2) is 5.16 Å². The van der Waals surface area contributed by atoms with Crippen molar-refractivity contribution in [3.63, 3.8) is 0 Å². The summed E-state index contributed by atoms with van der Waals surface area (Å²) in [5.41, 5.74) is 0. The van der Waals surface area contributed by atoms with Crippen LogP contribution in [0.4, 0.5) is 0 Å². The fraction of sp³-hybridized carbons (Fsp3) is 0.786. The second kappa shape index (κ2) is 7.79. The fourth-order valence-corrected chi connectivity index (χ4v) is 3.32. The topological polar surface area (TPSA) is 71.2 Å².